The molecule has 0 radical (unpaired) electrons. The van der Waals surface area contributed by atoms with E-state index in [1.165, 1.54) is 49.8 Å². The number of methoxy groups -OCH3 is 1. The maximum Gasteiger partial charge on any atom is 0.296 e. The van der Waals surface area contributed by atoms with Gasteiger partial charge in [0.15, 0.2) is 6.61 Å². The monoisotopic (exact) mass is 476 g/mol. The van der Waals surface area contributed by atoms with Crippen LogP contribution in [0.25, 0.3) is 11.0 Å². The Morgan fingerprint density at radius 3 is 2.46 bits per heavy atom. The van der Waals surface area contributed by atoms with E-state index in [4.69, 9.17) is 18.6 Å². The number of fused-ring (bicyclic) bond motifs is 1. The molecule has 35 heavy (non-hydrogen) atoms. The lowest BCUT2D eigenvalue weighted by molar-refractivity contribution is -0.384. The van der Waals surface area contributed by atoms with Gasteiger partial charge in [0.05, 0.1) is 23.5 Å². The number of nitrogens with one attached hydrogen (secondary N) is 1. The molecule has 4 aromatic rings. The summed E-state index contributed by atoms with van der Waals surface area (Å²) in [6.07, 6.45) is 1.21. The molecule has 0 unspecified atom stereocenters. The van der Waals surface area contributed by atoms with Gasteiger partial charge in [0.1, 0.15) is 34.8 Å². The van der Waals surface area contributed by atoms with Gasteiger partial charge in [-0.15, -0.1) is 0 Å². The van der Waals surface area contributed by atoms with Crippen LogP contribution < -0.4 is 25.0 Å². The number of nitro groups is 1. The topological polar surface area (TPSA) is 130 Å². The van der Waals surface area contributed by atoms with E-state index in [1.807, 2.05) is 19.1 Å². The second-order valence-electron chi connectivity index (χ2n) is 7.48. The molecule has 1 amide bonds. The maximum atomic E-state index is 12.8. The first-order valence-corrected chi connectivity index (χ1v) is 10.4. The van der Waals surface area contributed by atoms with Crippen LogP contribution in [0.4, 0.5) is 11.4 Å². The Balaban J connectivity index is 1.44. The molecule has 1 aromatic heterocycles. The predicted molar refractivity (Wildman–Crippen MR) is 128 cm³/mol. The number of hydrogen-bond acceptors (Lipinski definition) is 8. The number of aryl methyl sites for hydroxylation is 1. The molecular weight excluding hydrogens is 456 g/mol. The van der Waals surface area contributed by atoms with Crippen LogP contribution in [0.1, 0.15) is 5.56 Å². The fraction of sp³-hybridized carbons (Fsp3) is 0.120. The minimum atomic E-state index is -0.624. The van der Waals surface area contributed by atoms with Gasteiger partial charge in [0.25, 0.3) is 11.6 Å². The molecule has 0 aliphatic heterocycles. The zero-order valence-corrected chi connectivity index (χ0v) is 18.8. The summed E-state index contributed by atoms with van der Waals surface area (Å²) in [5.41, 5.74) is 0.646. The summed E-state index contributed by atoms with van der Waals surface area (Å²) < 4.78 is 21.6. The molecule has 0 fully saturated rings. The van der Waals surface area contributed by atoms with Crippen LogP contribution >= 0.6 is 0 Å². The minimum absolute atomic E-state index is 0.00927. The summed E-state index contributed by atoms with van der Waals surface area (Å²) in [5, 5.41) is 14.0. The number of amides is 1. The lowest BCUT2D eigenvalue weighted by atomic mass is 10.2. The Morgan fingerprint density at radius 1 is 1.03 bits per heavy atom. The van der Waals surface area contributed by atoms with Crippen molar-refractivity contribution in [2.75, 3.05) is 19.0 Å². The van der Waals surface area contributed by atoms with Crippen molar-refractivity contribution >= 4 is 28.3 Å². The van der Waals surface area contributed by atoms with Crippen LogP contribution in [0.5, 0.6) is 23.0 Å². The smallest absolute Gasteiger partial charge is 0.296 e. The molecule has 0 saturated carbocycles. The highest BCUT2D eigenvalue weighted by molar-refractivity contribution is 5.94. The number of anilines is 1. The quantitative estimate of drug-likeness (QED) is 0.283. The number of carbonyl (C=O) groups is 1. The van der Waals surface area contributed by atoms with Crippen molar-refractivity contribution in [3.63, 3.8) is 0 Å². The average Bonchev–Trinajstić information content (AvgIpc) is 2.86. The molecule has 4 rings (SSSR count). The standard InChI is InChI=1S/C25H20N2O8/c1-15-3-5-16(6-4-15)35-23-13-34-22-12-18(7-9-19(22)25(23)29)33-14-24(28)26-20-10-8-17(32-2)11-21(20)27(30)31/h3-13H,14H2,1-2H3,(H,26,28). The Labute approximate surface area is 198 Å². The molecule has 1 heterocycles. The first-order chi connectivity index (χ1) is 16.8. The van der Waals surface area contributed by atoms with Crippen molar-refractivity contribution < 1.29 is 28.3 Å². The molecule has 10 heteroatoms. The van der Waals surface area contributed by atoms with E-state index in [0.29, 0.717) is 5.75 Å². The Bertz CT molecular complexity index is 1460. The largest absolute Gasteiger partial charge is 0.496 e. The van der Waals surface area contributed by atoms with Crippen molar-refractivity contribution in [2.24, 2.45) is 0 Å². The van der Waals surface area contributed by atoms with Crippen molar-refractivity contribution in [1.29, 1.82) is 0 Å². The van der Waals surface area contributed by atoms with Crippen LogP contribution in [-0.2, 0) is 4.79 Å². The fourth-order valence-corrected chi connectivity index (χ4v) is 3.21. The first kappa shape index (κ1) is 23.3. The van der Waals surface area contributed by atoms with E-state index in [-0.39, 0.29) is 45.0 Å². The number of ether oxygens (including phenoxy) is 3. The van der Waals surface area contributed by atoms with Gasteiger partial charge in [-0.1, -0.05) is 17.7 Å². The molecule has 0 saturated heterocycles. The summed E-state index contributed by atoms with van der Waals surface area (Å²) in [6, 6.07) is 15.8. The summed E-state index contributed by atoms with van der Waals surface area (Å²) in [4.78, 5) is 35.7. The second kappa shape index (κ2) is 9.96. The highest BCUT2D eigenvalue weighted by atomic mass is 16.6. The molecule has 0 aliphatic rings. The van der Waals surface area contributed by atoms with Crippen LogP contribution in [0.2, 0.25) is 0 Å². The van der Waals surface area contributed by atoms with Gasteiger partial charge < -0.3 is 23.9 Å². The van der Waals surface area contributed by atoms with Crippen molar-refractivity contribution in [3.8, 4) is 23.0 Å². The SMILES string of the molecule is COc1ccc(NC(=O)COc2ccc3c(=O)c(Oc4ccc(C)cc4)coc3c2)c([N+](=O)[O-])c1. The van der Waals surface area contributed by atoms with Crippen LogP contribution in [0, 0.1) is 17.0 Å². The molecule has 1 N–H and O–H groups in total. The maximum absolute atomic E-state index is 12.8. The third-order valence-electron chi connectivity index (χ3n) is 5.01. The minimum Gasteiger partial charge on any atom is -0.496 e. The summed E-state index contributed by atoms with van der Waals surface area (Å²) >= 11 is 0. The highest BCUT2D eigenvalue weighted by Crippen LogP contribution is 2.29. The predicted octanol–water partition coefficient (Wildman–Crippen LogP) is 4.83. The third-order valence-corrected chi connectivity index (χ3v) is 5.01. The molecule has 0 atom stereocenters. The van der Waals surface area contributed by atoms with Gasteiger partial charge in [0, 0.05) is 6.07 Å². The van der Waals surface area contributed by atoms with Crippen molar-refractivity contribution in [3.05, 3.63) is 92.8 Å². The zero-order valence-electron chi connectivity index (χ0n) is 18.8. The van der Waals surface area contributed by atoms with E-state index in [9.17, 15) is 19.7 Å². The van der Waals surface area contributed by atoms with Gasteiger partial charge in [-0.3, -0.25) is 19.7 Å². The van der Waals surface area contributed by atoms with Gasteiger partial charge >= 0.3 is 0 Å². The van der Waals surface area contributed by atoms with E-state index in [2.05, 4.69) is 5.32 Å². The third kappa shape index (κ3) is 5.38. The zero-order chi connectivity index (χ0) is 24.9. The Morgan fingerprint density at radius 2 is 1.74 bits per heavy atom. The summed E-state index contributed by atoms with van der Waals surface area (Å²) in [7, 11) is 1.38. The molecule has 0 aliphatic carbocycles. The molecule has 0 bridgehead atoms. The average molecular weight is 476 g/mol. The van der Waals surface area contributed by atoms with Crippen LogP contribution in [-0.4, -0.2) is 24.5 Å². The van der Waals surface area contributed by atoms with Gasteiger partial charge in [-0.25, -0.2) is 0 Å². The molecule has 178 valence electrons. The number of nitro benzene ring substituents is 1. The lowest BCUT2D eigenvalue weighted by Crippen LogP contribution is -2.20. The molecule has 3 aromatic carbocycles. The normalized spacial score (nSPS) is 10.6. The summed E-state index contributed by atoms with van der Waals surface area (Å²) in [5.74, 6) is 0.491. The van der Waals surface area contributed by atoms with E-state index >= 15 is 0 Å². The lowest BCUT2D eigenvalue weighted by Gasteiger charge is -2.10. The fourth-order valence-electron chi connectivity index (χ4n) is 3.21. The number of nitrogens with zero attached hydrogens (tertiary/aromatic N) is 1. The second-order valence-corrected chi connectivity index (χ2v) is 7.48. The molecular formula is C25H20N2O8. The van der Waals surface area contributed by atoms with Crippen molar-refractivity contribution in [2.45, 2.75) is 6.92 Å². The van der Waals surface area contributed by atoms with Gasteiger partial charge in [-0.05, 0) is 43.3 Å². The van der Waals surface area contributed by atoms with Gasteiger partial charge in [-0.2, -0.15) is 0 Å². The van der Waals surface area contributed by atoms with E-state index in [0.717, 1.165) is 5.56 Å². The summed E-state index contributed by atoms with van der Waals surface area (Å²) in [6.45, 7) is 1.52. The first-order valence-electron chi connectivity index (χ1n) is 10.4. The highest BCUT2D eigenvalue weighted by Gasteiger charge is 2.18. The number of benzene rings is 3. The van der Waals surface area contributed by atoms with Crippen molar-refractivity contribution in [1.82, 2.24) is 0 Å². The number of hydrogen-bond donors (Lipinski definition) is 1. The number of rotatable bonds is 8. The Kier molecular flexibility index (Phi) is 6.63. The Hall–Kier alpha value is -4.86. The van der Waals surface area contributed by atoms with E-state index in [1.54, 1.807) is 12.1 Å². The van der Waals surface area contributed by atoms with Gasteiger partial charge in [0.2, 0.25) is 11.2 Å². The number of carbonyl (C=O) groups excluding carboxylic acids is 1. The van der Waals surface area contributed by atoms with E-state index < -0.39 is 17.4 Å². The van der Waals surface area contributed by atoms with Crippen LogP contribution in [0.3, 0.4) is 0 Å². The molecule has 0 spiro atoms. The van der Waals surface area contributed by atoms with Crippen LogP contribution in [0.15, 0.2) is 76.1 Å². The molecule has 10 nitrogen and oxygen atoms in total.